The molecule has 0 bridgehead atoms. The second-order valence-corrected chi connectivity index (χ2v) is 4.39. The molecule has 17 heavy (non-hydrogen) atoms. The molecular formula is C16H22O. The molecule has 0 aliphatic carbocycles. The summed E-state index contributed by atoms with van der Waals surface area (Å²) >= 11 is 0. The Hall–Kier alpha value is -1.34. The van der Waals surface area contributed by atoms with Gasteiger partial charge in [0.15, 0.2) is 0 Å². The largest absolute Gasteiger partial charge is 0.386 e. The van der Waals surface area contributed by atoms with Crippen molar-refractivity contribution in [2.75, 3.05) is 0 Å². The van der Waals surface area contributed by atoms with Gasteiger partial charge in [0.2, 0.25) is 0 Å². The Morgan fingerprint density at radius 2 is 1.76 bits per heavy atom. The van der Waals surface area contributed by atoms with Crippen molar-refractivity contribution in [2.24, 2.45) is 0 Å². The summed E-state index contributed by atoms with van der Waals surface area (Å²) in [5.74, 6) is 0. The molecule has 0 fully saturated rings. The SMILES string of the molecule is CCC(O)(/C=C/C=C(/C)c1ccccc1)CC. The normalized spacial score (nSPS) is 13.3. The number of rotatable bonds is 5. The average Bonchev–Trinajstić information content (AvgIpc) is 2.39. The van der Waals surface area contributed by atoms with E-state index in [2.05, 4.69) is 19.1 Å². The lowest BCUT2D eigenvalue weighted by Gasteiger charge is -2.19. The van der Waals surface area contributed by atoms with E-state index in [1.165, 1.54) is 11.1 Å². The first kappa shape index (κ1) is 13.7. The van der Waals surface area contributed by atoms with Crippen molar-refractivity contribution in [3.05, 3.63) is 54.1 Å². The number of aliphatic hydroxyl groups is 1. The average molecular weight is 230 g/mol. The molecule has 1 aromatic carbocycles. The van der Waals surface area contributed by atoms with Crippen LogP contribution in [0.5, 0.6) is 0 Å². The van der Waals surface area contributed by atoms with Crippen molar-refractivity contribution in [3.8, 4) is 0 Å². The predicted molar refractivity (Wildman–Crippen MR) is 74.8 cm³/mol. The fraction of sp³-hybridized carbons (Fsp3) is 0.375. The van der Waals surface area contributed by atoms with E-state index in [0.29, 0.717) is 0 Å². The first-order chi connectivity index (χ1) is 8.11. The molecule has 0 heterocycles. The summed E-state index contributed by atoms with van der Waals surface area (Å²) < 4.78 is 0. The van der Waals surface area contributed by atoms with Gasteiger partial charge in [0.05, 0.1) is 5.60 Å². The maximum Gasteiger partial charge on any atom is 0.0825 e. The maximum absolute atomic E-state index is 10.1. The van der Waals surface area contributed by atoms with Crippen LogP contribution in [0.25, 0.3) is 5.57 Å². The fourth-order valence-corrected chi connectivity index (χ4v) is 1.65. The number of hydrogen-bond donors (Lipinski definition) is 1. The minimum Gasteiger partial charge on any atom is -0.386 e. The van der Waals surface area contributed by atoms with Crippen molar-refractivity contribution in [2.45, 2.75) is 39.2 Å². The highest BCUT2D eigenvalue weighted by atomic mass is 16.3. The first-order valence-corrected chi connectivity index (χ1v) is 6.25. The highest BCUT2D eigenvalue weighted by Crippen LogP contribution is 2.17. The monoisotopic (exact) mass is 230 g/mol. The Kier molecular flexibility index (Phi) is 5.17. The van der Waals surface area contributed by atoms with Gasteiger partial charge in [-0.3, -0.25) is 0 Å². The van der Waals surface area contributed by atoms with Gasteiger partial charge >= 0.3 is 0 Å². The van der Waals surface area contributed by atoms with Gasteiger partial charge in [-0.15, -0.1) is 0 Å². The molecule has 0 amide bonds. The van der Waals surface area contributed by atoms with Gasteiger partial charge in [0, 0.05) is 0 Å². The van der Waals surface area contributed by atoms with E-state index >= 15 is 0 Å². The molecule has 1 rings (SSSR count). The van der Waals surface area contributed by atoms with Crippen LogP contribution in [0.15, 0.2) is 48.6 Å². The highest BCUT2D eigenvalue weighted by molar-refractivity contribution is 5.64. The number of hydrogen-bond acceptors (Lipinski definition) is 1. The smallest absolute Gasteiger partial charge is 0.0825 e. The summed E-state index contributed by atoms with van der Waals surface area (Å²) in [7, 11) is 0. The molecule has 0 aliphatic heterocycles. The van der Waals surface area contributed by atoms with Crippen molar-refractivity contribution < 1.29 is 5.11 Å². The third-order valence-corrected chi connectivity index (χ3v) is 3.21. The number of benzene rings is 1. The molecule has 0 unspecified atom stereocenters. The second kappa shape index (κ2) is 6.41. The minimum atomic E-state index is -0.659. The molecule has 0 saturated carbocycles. The van der Waals surface area contributed by atoms with Gasteiger partial charge in [0.25, 0.3) is 0 Å². The highest BCUT2D eigenvalue weighted by Gasteiger charge is 2.16. The molecular weight excluding hydrogens is 208 g/mol. The van der Waals surface area contributed by atoms with E-state index in [9.17, 15) is 5.11 Å². The van der Waals surface area contributed by atoms with Crippen molar-refractivity contribution in [3.63, 3.8) is 0 Å². The van der Waals surface area contributed by atoms with Crippen LogP contribution in [-0.2, 0) is 0 Å². The number of allylic oxidation sites excluding steroid dienone is 3. The van der Waals surface area contributed by atoms with Gasteiger partial charge in [-0.1, -0.05) is 62.4 Å². The van der Waals surface area contributed by atoms with Crippen LogP contribution < -0.4 is 0 Å². The van der Waals surface area contributed by atoms with Crippen molar-refractivity contribution in [1.82, 2.24) is 0 Å². The van der Waals surface area contributed by atoms with Crippen molar-refractivity contribution >= 4 is 5.57 Å². The van der Waals surface area contributed by atoms with E-state index in [1.54, 1.807) is 0 Å². The van der Waals surface area contributed by atoms with Gasteiger partial charge in [0.1, 0.15) is 0 Å². The Bertz CT molecular complexity index is 383. The molecule has 1 heteroatoms. The second-order valence-electron chi connectivity index (χ2n) is 4.39. The fourth-order valence-electron chi connectivity index (χ4n) is 1.65. The molecule has 0 aromatic heterocycles. The van der Waals surface area contributed by atoms with Crippen LogP contribution in [0.4, 0.5) is 0 Å². The third kappa shape index (κ3) is 4.20. The topological polar surface area (TPSA) is 20.2 Å². The summed E-state index contributed by atoms with van der Waals surface area (Å²) in [6.07, 6.45) is 7.39. The van der Waals surface area contributed by atoms with Crippen LogP contribution in [0.3, 0.4) is 0 Å². The van der Waals surface area contributed by atoms with E-state index in [-0.39, 0.29) is 0 Å². The summed E-state index contributed by atoms with van der Waals surface area (Å²) in [5, 5.41) is 10.1. The van der Waals surface area contributed by atoms with Crippen LogP contribution in [0, 0.1) is 0 Å². The zero-order valence-corrected chi connectivity index (χ0v) is 11.0. The maximum atomic E-state index is 10.1. The Balaban J connectivity index is 2.75. The van der Waals surface area contributed by atoms with Crippen LogP contribution in [0.2, 0.25) is 0 Å². The lowest BCUT2D eigenvalue weighted by Crippen LogP contribution is -2.22. The molecule has 0 radical (unpaired) electrons. The van der Waals surface area contributed by atoms with Crippen molar-refractivity contribution in [1.29, 1.82) is 0 Å². The molecule has 0 saturated heterocycles. The zero-order valence-electron chi connectivity index (χ0n) is 11.0. The van der Waals surface area contributed by atoms with Crippen LogP contribution >= 0.6 is 0 Å². The molecule has 1 aromatic rings. The minimum absolute atomic E-state index is 0.659. The van der Waals surface area contributed by atoms with Crippen LogP contribution in [0.1, 0.15) is 39.2 Å². The van der Waals surface area contributed by atoms with E-state index < -0.39 is 5.60 Å². The molecule has 0 atom stereocenters. The Morgan fingerprint density at radius 1 is 1.18 bits per heavy atom. The molecule has 1 nitrogen and oxygen atoms in total. The van der Waals surface area contributed by atoms with Gasteiger partial charge in [-0.05, 0) is 30.9 Å². The van der Waals surface area contributed by atoms with Gasteiger partial charge < -0.3 is 5.11 Å². The lowest BCUT2D eigenvalue weighted by molar-refractivity contribution is 0.0828. The zero-order chi connectivity index (χ0) is 12.7. The quantitative estimate of drug-likeness (QED) is 0.752. The lowest BCUT2D eigenvalue weighted by atomic mass is 9.96. The standard InChI is InChI=1S/C16H22O/c1-4-16(17,5-2)13-9-10-14(3)15-11-7-6-8-12-15/h6-13,17H,4-5H2,1-3H3/b13-9+,14-10-. The summed E-state index contributed by atoms with van der Waals surface area (Å²) in [4.78, 5) is 0. The van der Waals surface area contributed by atoms with Gasteiger partial charge in [-0.2, -0.15) is 0 Å². The van der Waals surface area contributed by atoms with E-state index in [4.69, 9.17) is 0 Å². The summed E-state index contributed by atoms with van der Waals surface area (Å²) in [5.41, 5.74) is 1.76. The van der Waals surface area contributed by atoms with E-state index in [1.807, 2.05) is 50.3 Å². The Labute approximate surface area is 104 Å². The summed E-state index contributed by atoms with van der Waals surface area (Å²) in [6.45, 7) is 6.08. The van der Waals surface area contributed by atoms with Crippen LogP contribution in [-0.4, -0.2) is 10.7 Å². The van der Waals surface area contributed by atoms with E-state index in [0.717, 1.165) is 12.8 Å². The first-order valence-electron chi connectivity index (χ1n) is 6.25. The molecule has 0 spiro atoms. The third-order valence-electron chi connectivity index (χ3n) is 3.21. The summed E-state index contributed by atoms with van der Waals surface area (Å²) in [6, 6.07) is 10.3. The molecule has 0 aliphatic rings. The van der Waals surface area contributed by atoms with Gasteiger partial charge in [-0.25, -0.2) is 0 Å². The Morgan fingerprint density at radius 3 is 2.29 bits per heavy atom. The predicted octanol–water partition coefficient (Wildman–Crippen LogP) is 4.20. The molecule has 1 N–H and O–H groups in total. The molecule has 92 valence electrons.